The summed E-state index contributed by atoms with van der Waals surface area (Å²) in [6.45, 7) is 2.90. The molecule has 5 aromatic rings. The molecule has 44 heavy (non-hydrogen) atoms. The number of amides is 2. The largest absolute Gasteiger partial charge is 0.508 e. The average molecular weight is 585 g/mol. The van der Waals surface area contributed by atoms with Gasteiger partial charge in [0.05, 0.1) is 12.1 Å². The molecule has 0 bridgehead atoms. The fourth-order valence-electron chi connectivity index (χ4n) is 5.52. The minimum absolute atomic E-state index is 0.0842. The first-order valence-corrected chi connectivity index (χ1v) is 14.6. The Hall–Kier alpha value is -5.36. The van der Waals surface area contributed by atoms with E-state index in [0.717, 1.165) is 33.4 Å². The number of carbonyl (C=O) groups is 2. The van der Waals surface area contributed by atoms with Crippen molar-refractivity contribution in [1.82, 2.24) is 10.6 Å². The highest BCUT2D eigenvalue weighted by atomic mass is 16.3. The molecule has 0 aliphatic carbocycles. The normalized spacial score (nSPS) is 12.2. The monoisotopic (exact) mass is 584 g/mol. The van der Waals surface area contributed by atoms with Gasteiger partial charge >= 0.3 is 0 Å². The molecule has 6 nitrogen and oxygen atoms in total. The Morgan fingerprint density at radius 3 is 1.23 bits per heavy atom. The third-order valence-electron chi connectivity index (χ3n) is 7.61. The van der Waals surface area contributed by atoms with Gasteiger partial charge in [-0.15, -0.1) is 0 Å². The molecule has 2 amide bonds. The van der Waals surface area contributed by atoms with Gasteiger partial charge in [0.15, 0.2) is 0 Å². The molecular formula is C38H36N2O4. The third-order valence-corrected chi connectivity index (χ3v) is 7.61. The van der Waals surface area contributed by atoms with Crippen molar-refractivity contribution in [3.05, 3.63) is 166 Å². The van der Waals surface area contributed by atoms with Crippen molar-refractivity contribution in [1.29, 1.82) is 0 Å². The molecule has 0 spiro atoms. The molecule has 5 aromatic carbocycles. The fourth-order valence-corrected chi connectivity index (χ4v) is 5.52. The van der Waals surface area contributed by atoms with Crippen LogP contribution in [0.2, 0.25) is 0 Å². The van der Waals surface area contributed by atoms with E-state index in [1.54, 1.807) is 12.1 Å². The maximum Gasteiger partial charge on any atom is 0.217 e. The van der Waals surface area contributed by atoms with Crippen LogP contribution in [0.15, 0.2) is 121 Å². The fraction of sp³-hybridized carbons (Fsp3) is 0.158. The number of rotatable bonds is 10. The van der Waals surface area contributed by atoms with Crippen LogP contribution in [-0.4, -0.2) is 22.0 Å². The molecule has 0 aliphatic heterocycles. The van der Waals surface area contributed by atoms with Crippen LogP contribution in [0.25, 0.3) is 0 Å². The summed E-state index contributed by atoms with van der Waals surface area (Å²) in [7, 11) is 0. The SMILES string of the molecule is CC(=O)NC(c1ccc(C(NC(C)=O)c2cc(Cc3ccccc3)ccc2O)cc1)c1cc(Cc2ccccc2)ccc1O. The van der Waals surface area contributed by atoms with Crippen molar-refractivity contribution in [2.75, 3.05) is 0 Å². The van der Waals surface area contributed by atoms with Gasteiger partial charge in [-0.2, -0.15) is 0 Å². The van der Waals surface area contributed by atoms with Gasteiger partial charge in [-0.3, -0.25) is 9.59 Å². The first kappa shape index (κ1) is 30.1. The summed E-state index contributed by atoms with van der Waals surface area (Å²) >= 11 is 0. The molecule has 5 rings (SSSR count). The van der Waals surface area contributed by atoms with E-state index in [0.29, 0.717) is 24.0 Å². The third kappa shape index (κ3) is 7.53. The Kier molecular flexibility index (Phi) is 9.40. The molecule has 0 saturated heterocycles. The van der Waals surface area contributed by atoms with E-state index >= 15 is 0 Å². The Labute approximate surface area is 258 Å². The van der Waals surface area contributed by atoms with Crippen LogP contribution >= 0.6 is 0 Å². The number of hydrogen-bond donors (Lipinski definition) is 4. The van der Waals surface area contributed by atoms with Crippen molar-refractivity contribution in [3.8, 4) is 11.5 Å². The maximum atomic E-state index is 12.3. The van der Waals surface area contributed by atoms with Crippen molar-refractivity contribution in [3.63, 3.8) is 0 Å². The smallest absolute Gasteiger partial charge is 0.217 e. The Balaban J connectivity index is 1.47. The second-order valence-corrected chi connectivity index (χ2v) is 11.0. The van der Waals surface area contributed by atoms with E-state index in [2.05, 4.69) is 34.9 Å². The van der Waals surface area contributed by atoms with Gasteiger partial charge < -0.3 is 20.8 Å². The van der Waals surface area contributed by atoms with Crippen molar-refractivity contribution < 1.29 is 19.8 Å². The van der Waals surface area contributed by atoms with E-state index < -0.39 is 12.1 Å². The van der Waals surface area contributed by atoms with Gasteiger partial charge in [0, 0.05) is 25.0 Å². The van der Waals surface area contributed by atoms with Crippen LogP contribution in [-0.2, 0) is 22.4 Å². The number of aromatic hydroxyl groups is 2. The lowest BCUT2D eigenvalue weighted by Gasteiger charge is -2.24. The van der Waals surface area contributed by atoms with Gasteiger partial charge in [-0.1, -0.05) is 97.1 Å². The van der Waals surface area contributed by atoms with E-state index in [1.807, 2.05) is 84.9 Å². The molecule has 2 unspecified atom stereocenters. The molecule has 2 atom stereocenters. The van der Waals surface area contributed by atoms with Crippen molar-refractivity contribution in [2.45, 2.75) is 38.8 Å². The van der Waals surface area contributed by atoms with E-state index in [1.165, 1.54) is 13.8 Å². The van der Waals surface area contributed by atoms with Gasteiger partial charge in [0.25, 0.3) is 0 Å². The first-order valence-electron chi connectivity index (χ1n) is 14.6. The number of phenolic OH excluding ortho intramolecular Hbond substituents is 2. The van der Waals surface area contributed by atoms with Gasteiger partial charge in [-0.25, -0.2) is 0 Å². The van der Waals surface area contributed by atoms with E-state index in [9.17, 15) is 19.8 Å². The van der Waals surface area contributed by atoms with Crippen LogP contribution in [0, 0.1) is 0 Å². The van der Waals surface area contributed by atoms with E-state index in [4.69, 9.17) is 0 Å². The summed E-state index contributed by atoms with van der Waals surface area (Å²) in [4.78, 5) is 24.6. The minimum Gasteiger partial charge on any atom is -0.508 e. The number of phenols is 2. The average Bonchev–Trinajstić information content (AvgIpc) is 3.02. The van der Waals surface area contributed by atoms with Crippen molar-refractivity contribution in [2.24, 2.45) is 0 Å². The first-order chi connectivity index (χ1) is 21.3. The topological polar surface area (TPSA) is 98.7 Å². The van der Waals surface area contributed by atoms with Crippen LogP contribution < -0.4 is 10.6 Å². The molecule has 4 N–H and O–H groups in total. The summed E-state index contributed by atoms with van der Waals surface area (Å²) < 4.78 is 0. The van der Waals surface area contributed by atoms with Gasteiger partial charge in [0.1, 0.15) is 11.5 Å². The summed E-state index contributed by atoms with van der Waals surface area (Å²) in [5.41, 5.74) is 7.01. The standard InChI is InChI=1S/C38H36N2O4/c1-25(41)39-37(33-23-29(13-19-35(33)43)21-27-9-5-3-6-10-27)31-15-17-32(18-16-31)38(40-26(2)42)34-24-30(14-20-36(34)44)22-28-11-7-4-8-12-28/h3-20,23-24,37-38,43-44H,21-22H2,1-2H3,(H,39,41)(H,40,42). The molecule has 222 valence electrons. The minimum atomic E-state index is -0.598. The molecule has 0 aromatic heterocycles. The summed E-state index contributed by atoms with van der Waals surface area (Å²) in [5.74, 6) is -0.298. The summed E-state index contributed by atoms with van der Waals surface area (Å²) in [6.07, 6.45) is 1.37. The molecule has 0 fully saturated rings. The quantitative estimate of drug-likeness (QED) is 0.146. The number of nitrogens with one attached hydrogen (secondary N) is 2. The zero-order chi connectivity index (χ0) is 31.1. The van der Waals surface area contributed by atoms with Crippen LogP contribution in [0.5, 0.6) is 11.5 Å². The number of carbonyl (C=O) groups excluding carboxylic acids is 2. The van der Waals surface area contributed by atoms with Crippen LogP contribution in [0.3, 0.4) is 0 Å². The molecule has 0 radical (unpaired) electrons. The lowest BCUT2D eigenvalue weighted by Crippen LogP contribution is -2.28. The zero-order valence-corrected chi connectivity index (χ0v) is 24.8. The predicted octanol–water partition coefficient (Wildman–Crippen LogP) is 6.73. The number of hydrogen-bond acceptors (Lipinski definition) is 4. The van der Waals surface area contributed by atoms with Crippen LogP contribution in [0.1, 0.15) is 70.4 Å². The van der Waals surface area contributed by atoms with Gasteiger partial charge in [0.2, 0.25) is 11.8 Å². The Bertz CT molecular complexity index is 1600. The highest BCUT2D eigenvalue weighted by molar-refractivity contribution is 5.75. The second kappa shape index (κ2) is 13.7. The lowest BCUT2D eigenvalue weighted by atomic mass is 9.91. The highest BCUT2D eigenvalue weighted by Crippen LogP contribution is 2.34. The highest BCUT2D eigenvalue weighted by Gasteiger charge is 2.23. The maximum absolute atomic E-state index is 12.3. The molecule has 0 aliphatic rings. The van der Waals surface area contributed by atoms with Gasteiger partial charge in [-0.05, 0) is 70.5 Å². The zero-order valence-electron chi connectivity index (χ0n) is 24.8. The summed E-state index contributed by atoms with van der Waals surface area (Å²) in [6, 6.07) is 37.4. The predicted molar refractivity (Wildman–Crippen MR) is 172 cm³/mol. The Morgan fingerprint density at radius 2 is 0.886 bits per heavy atom. The lowest BCUT2D eigenvalue weighted by molar-refractivity contribution is -0.120. The molecule has 0 heterocycles. The van der Waals surface area contributed by atoms with E-state index in [-0.39, 0.29) is 23.3 Å². The number of benzene rings is 5. The Morgan fingerprint density at radius 1 is 0.523 bits per heavy atom. The molecular weight excluding hydrogens is 548 g/mol. The van der Waals surface area contributed by atoms with Crippen LogP contribution in [0.4, 0.5) is 0 Å². The molecule has 0 saturated carbocycles. The molecule has 6 heteroatoms. The summed E-state index contributed by atoms with van der Waals surface area (Å²) in [5, 5.41) is 27.7. The second-order valence-electron chi connectivity index (χ2n) is 11.0. The van der Waals surface area contributed by atoms with Crippen molar-refractivity contribution >= 4 is 11.8 Å².